The van der Waals surface area contributed by atoms with Crippen molar-refractivity contribution in [2.45, 2.75) is 142 Å². The van der Waals surface area contributed by atoms with E-state index in [1.165, 1.54) is 64.2 Å². The van der Waals surface area contributed by atoms with Crippen LogP contribution in [-0.2, 0) is 40.9 Å². The first-order valence-corrected chi connectivity index (χ1v) is 14.5. The van der Waals surface area contributed by atoms with Gasteiger partial charge in [-0.05, 0) is 25.7 Å². The van der Waals surface area contributed by atoms with E-state index in [9.17, 15) is 9.59 Å². The second-order valence-electron chi connectivity index (χ2n) is 8.60. The summed E-state index contributed by atoms with van der Waals surface area (Å²) < 4.78 is 19.0. The number of unbranched alkanes of at least 4 members (excludes halogenated alkanes) is 15. The zero-order chi connectivity index (χ0) is 24.1. The third-order valence-electron chi connectivity index (χ3n) is 5.53. The molecule has 32 heavy (non-hydrogen) atoms. The number of esters is 2. The fourth-order valence-corrected chi connectivity index (χ4v) is 3.53. The van der Waals surface area contributed by atoms with E-state index in [1.807, 2.05) is 0 Å². The third-order valence-corrected chi connectivity index (χ3v) is 5.53. The molecule has 0 aliphatic carbocycles. The summed E-state index contributed by atoms with van der Waals surface area (Å²) in [4.78, 5) is 23.4. The molecule has 0 saturated heterocycles. The van der Waals surface area contributed by atoms with Gasteiger partial charge >= 0.3 is 33.8 Å². The Labute approximate surface area is 208 Å². The summed E-state index contributed by atoms with van der Waals surface area (Å²) in [7, 11) is 0. The van der Waals surface area contributed by atoms with Crippen LogP contribution in [0.1, 0.15) is 142 Å². The molecule has 0 aromatic rings. The molecule has 0 atom stereocenters. The van der Waals surface area contributed by atoms with Gasteiger partial charge in [-0.25, -0.2) is 0 Å². The first-order valence-electron chi connectivity index (χ1n) is 13.3. The average molecular weight is 508 g/mol. The van der Waals surface area contributed by atoms with E-state index in [-0.39, 0.29) is 30.2 Å². The zero-order valence-electron chi connectivity index (χ0n) is 21.3. The van der Waals surface area contributed by atoms with Crippen molar-refractivity contribution in [3.63, 3.8) is 0 Å². The average Bonchev–Trinajstić information content (AvgIpc) is 2.81. The normalized spacial score (nSPS) is 10.4. The van der Waals surface area contributed by atoms with E-state index in [0.29, 0.717) is 26.1 Å². The first kappa shape index (κ1) is 33.5. The van der Waals surface area contributed by atoms with Crippen LogP contribution in [0.15, 0.2) is 0 Å². The SMILES string of the molecule is CCCCCCCCOC(=O)CCCCCCCCC(=O)OCCCCCCCC.[O]=[Zn]. The monoisotopic (exact) mass is 506 g/mol. The molecule has 0 bridgehead atoms. The van der Waals surface area contributed by atoms with Gasteiger partial charge in [0.05, 0.1) is 13.2 Å². The molecule has 0 aliphatic rings. The van der Waals surface area contributed by atoms with E-state index in [2.05, 4.69) is 13.8 Å². The predicted octanol–water partition coefficient (Wildman–Crippen LogP) is 7.79. The quantitative estimate of drug-likeness (QED) is 0.0801. The number of hydrogen-bond donors (Lipinski definition) is 0. The first-order chi connectivity index (χ1) is 15.7. The van der Waals surface area contributed by atoms with Gasteiger partial charge in [-0.2, -0.15) is 0 Å². The Balaban J connectivity index is 0. The van der Waals surface area contributed by atoms with E-state index < -0.39 is 0 Å². The molecule has 0 aromatic carbocycles. The maximum atomic E-state index is 11.7. The van der Waals surface area contributed by atoms with Crippen LogP contribution >= 0.6 is 0 Å². The van der Waals surface area contributed by atoms with Gasteiger partial charge in [0.1, 0.15) is 0 Å². The molecule has 0 unspecified atom stereocenters. The minimum atomic E-state index is -0.0448. The van der Waals surface area contributed by atoms with Crippen LogP contribution in [0.3, 0.4) is 0 Å². The van der Waals surface area contributed by atoms with Crippen LogP contribution in [0.5, 0.6) is 0 Å². The molecule has 5 nitrogen and oxygen atoms in total. The molecule has 0 aliphatic heterocycles. The van der Waals surface area contributed by atoms with Crippen molar-refractivity contribution in [2.24, 2.45) is 0 Å². The zero-order valence-corrected chi connectivity index (χ0v) is 24.3. The molecule has 0 amide bonds. The van der Waals surface area contributed by atoms with Gasteiger partial charge in [0.2, 0.25) is 0 Å². The summed E-state index contributed by atoms with van der Waals surface area (Å²) in [6.07, 6.45) is 21.9. The Morgan fingerprint density at radius 2 is 0.750 bits per heavy atom. The predicted molar refractivity (Wildman–Crippen MR) is 126 cm³/mol. The Hall–Kier alpha value is -0.637. The minimum absolute atomic E-state index is 0.0448. The molecule has 0 aromatic heterocycles. The molecule has 0 fully saturated rings. The van der Waals surface area contributed by atoms with Crippen molar-refractivity contribution in [1.82, 2.24) is 0 Å². The van der Waals surface area contributed by atoms with Crippen LogP contribution in [0, 0.1) is 0 Å². The molecule has 186 valence electrons. The van der Waals surface area contributed by atoms with Crippen molar-refractivity contribution < 1.29 is 40.9 Å². The Kier molecular flexibility index (Phi) is 31.8. The Morgan fingerprint density at radius 3 is 1.09 bits per heavy atom. The summed E-state index contributed by atoms with van der Waals surface area (Å²) >= 11 is 0.125. The summed E-state index contributed by atoms with van der Waals surface area (Å²) in [6, 6.07) is 0. The van der Waals surface area contributed by atoms with Gasteiger partial charge in [-0.3, -0.25) is 9.59 Å². The molecule has 0 radical (unpaired) electrons. The Bertz CT molecular complexity index is 368. The van der Waals surface area contributed by atoms with E-state index >= 15 is 0 Å². The number of rotatable bonds is 23. The van der Waals surface area contributed by atoms with Crippen LogP contribution in [0.25, 0.3) is 0 Å². The number of hydrogen-bond acceptors (Lipinski definition) is 5. The van der Waals surface area contributed by atoms with Crippen LogP contribution < -0.4 is 0 Å². The van der Waals surface area contributed by atoms with Crippen molar-refractivity contribution in [3.05, 3.63) is 0 Å². The van der Waals surface area contributed by atoms with Gasteiger partial charge in [-0.15, -0.1) is 0 Å². The van der Waals surface area contributed by atoms with E-state index in [1.54, 1.807) is 0 Å². The molecule has 0 spiro atoms. The number of carbonyl (C=O) groups excluding carboxylic acids is 2. The van der Waals surface area contributed by atoms with E-state index in [4.69, 9.17) is 13.0 Å². The van der Waals surface area contributed by atoms with Crippen molar-refractivity contribution >= 4 is 11.9 Å². The van der Waals surface area contributed by atoms with Gasteiger partial charge in [0, 0.05) is 12.8 Å². The fraction of sp³-hybridized carbons (Fsp3) is 0.923. The van der Waals surface area contributed by atoms with Gasteiger partial charge in [0.25, 0.3) is 0 Å². The van der Waals surface area contributed by atoms with Gasteiger partial charge in [0.15, 0.2) is 0 Å². The van der Waals surface area contributed by atoms with Crippen LogP contribution in [-0.4, -0.2) is 25.2 Å². The van der Waals surface area contributed by atoms with Crippen molar-refractivity contribution in [1.29, 1.82) is 0 Å². The van der Waals surface area contributed by atoms with Gasteiger partial charge in [-0.1, -0.05) is 104 Å². The summed E-state index contributed by atoms with van der Waals surface area (Å²) in [6.45, 7) is 5.60. The maximum absolute atomic E-state index is 11.7. The second kappa shape index (κ2) is 30.4. The standard InChI is InChI=1S/C26H50O4.O.Zn/c1-3-5-7-9-15-19-23-29-25(27)21-17-13-11-12-14-18-22-26(28)30-24-20-16-10-8-6-4-2;;/h3-24H2,1-2H3;;. The number of ether oxygens (including phenoxy) is 2. The van der Waals surface area contributed by atoms with E-state index in [0.717, 1.165) is 51.4 Å². The second-order valence-corrected chi connectivity index (χ2v) is 8.60. The summed E-state index contributed by atoms with van der Waals surface area (Å²) in [5.74, 6) is -0.0895. The van der Waals surface area contributed by atoms with Crippen LogP contribution in [0.2, 0.25) is 0 Å². The van der Waals surface area contributed by atoms with Crippen molar-refractivity contribution in [3.8, 4) is 0 Å². The molecular weight excluding hydrogens is 458 g/mol. The molecule has 6 heteroatoms. The molecule has 0 N–H and O–H groups in total. The van der Waals surface area contributed by atoms with Gasteiger partial charge < -0.3 is 9.47 Å². The summed E-state index contributed by atoms with van der Waals surface area (Å²) in [5, 5.41) is 0. The molecule has 0 heterocycles. The van der Waals surface area contributed by atoms with Crippen LogP contribution in [0.4, 0.5) is 0 Å². The topological polar surface area (TPSA) is 69.7 Å². The number of carbonyl (C=O) groups is 2. The van der Waals surface area contributed by atoms with Crippen molar-refractivity contribution in [2.75, 3.05) is 13.2 Å². The molecular formula is C26H50O5Zn. The summed E-state index contributed by atoms with van der Waals surface area (Å²) in [5.41, 5.74) is 0. The molecule has 0 saturated carbocycles. The Morgan fingerprint density at radius 1 is 0.469 bits per heavy atom. The third kappa shape index (κ3) is 29.4. The molecule has 0 rings (SSSR count). The fourth-order valence-electron chi connectivity index (χ4n) is 3.53.